The fourth-order valence-electron chi connectivity index (χ4n) is 3.50. The van der Waals surface area contributed by atoms with Crippen molar-refractivity contribution in [3.63, 3.8) is 0 Å². The molecule has 3 heterocycles. The van der Waals surface area contributed by atoms with Gasteiger partial charge in [0.15, 0.2) is 0 Å². The first-order chi connectivity index (χ1) is 10.9. The Morgan fingerprint density at radius 3 is 2.17 bits per heavy atom. The molecule has 1 aromatic heterocycles. The van der Waals surface area contributed by atoms with Gasteiger partial charge in [-0.05, 0) is 39.5 Å². The Hall–Kier alpha value is -1.21. The third-order valence-corrected chi connectivity index (χ3v) is 6.38. The van der Waals surface area contributed by atoms with Crippen molar-refractivity contribution < 1.29 is 8.42 Å². The van der Waals surface area contributed by atoms with Crippen LogP contribution in [-0.2, 0) is 10.0 Å². The van der Waals surface area contributed by atoms with Gasteiger partial charge in [-0.15, -0.1) is 0 Å². The maximum Gasteiger partial charge on any atom is 0.211 e. The second-order valence-corrected chi connectivity index (χ2v) is 8.73. The van der Waals surface area contributed by atoms with E-state index in [1.165, 1.54) is 24.7 Å². The topological polar surface area (TPSA) is 66.4 Å². The number of anilines is 1. The minimum atomic E-state index is -3.08. The quantitative estimate of drug-likeness (QED) is 0.841. The third kappa shape index (κ3) is 3.50. The number of rotatable bonds is 3. The van der Waals surface area contributed by atoms with Crippen molar-refractivity contribution in [3.05, 3.63) is 17.1 Å². The summed E-state index contributed by atoms with van der Waals surface area (Å²) in [6.07, 6.45) is 5.34. The first-order valence-electron chi connectivity index (χ1n) is 8.41. The van der Waals surface area contributed by atoms with E-state index in [1.807, 2.05) is 6.92 Å². The predicted molar refractivity (Wildman–Crippen MR) is 91.3 cm³/mol. The summed E-state index contributed by atoms with van der Waals surface area (Å²) in [4.78, 5) is 11.9. The number of piperidine rings is 1. The van der Waals surface area contributed by atoms with Crippen LogP contribution in [0.15, 0.2) is 0 Å². The molecular weight excluding hydrogens is 312 g/mol. The van der Waals surface area contributed by atoms with Crippen LogP contribution in [0.3, 0.4) is 0 Å². The van der Waals surface area contributed by atoms with Gasteiger partial charge in [-0.2, -0.15) is 0 Å². The first-order valence-corrected chi connectivity index (χ1v) is 10.3. The Balaban J connectivity index is 1.81. The molecule has 0 radical (unpaired) electrons. The molecule has 0 unspecified atom stereocenters. The molecule has 7 heteroatoms. The van der Waals surface area contributed by atoms with Crippen LogP contribution in [0, 0.1) is 13.8 Å². The van der Waals surface area contributed by atoms with Crippen molar-refractivity contribution in [3.8, 4) is 0 Å². The summed E-state index contributed by atoms with van der Waals surface area (Å²) in [5.74, 6) is 2.23. The number of nitrogens with zero attached hydrogens (tertiary/aromatic N) is 4. The first kappa shape index (κ1) is 16.6. The Morgan fingerprint density at radius 1 is 1.00 bits per heavy atom. The van der Waals surface area contributed by atoms with E-state index in [1.54, 1.807) is 4.31 Å². The maximum atomic E-state index is 11.6. The largest absolute Gasteiger partial charge is 0.356 e. The van der Waals surface area contributed by atoms with E-state index in [2.05, 4.69) is 11.8 Å². The molecule has 0 saturated carbocycles. The van der Waals surface area contributed by atoms with Gasteiger partial charge < -0.3 is 4.90 Å². The van der Waals surface area contributed by atoms with Crippen molar-refractivity contribution >= 4 is 15.8 Å². The molecule has 0 bridgehead atoms. The van der Waals surface area contributed by atoms with E-state index in [9.17, 15) is 8.42 Å². The van der Waals surface area contributed by atoms with E-state index in [-0.39, 0.29) is 5.92 Å². The number of aromatic nitrogens is 2. The highest BCUT2D eigenvalue weighted by atomic mass is 32.2. The molecule has 3 rings (SSSR count). The molecule has 2 saturated heterocycles. The van der Waals surface area contributed by atoms with Crippen LogP contribution in [0.1, 0.15) is 48.7 Å². The molecule has 0 aromatic carbocycles. The van der Waals surface area contributed by atoms with Crippen molar-refractivity contribution in [2.45, 2.75) is 45.4 Å². The van der Waals surface area contributed by atoms with Crippen LogP contribution in [-0.4, -0.2) is 55.1 Å². The number of hydrogen-bond acceptors (Lipinski definition) is 5. The Labute approximate surface area is 139 Å². The number of hydrogen-bond donors (Lipinski definition) is 0. The molecule has 2 aliphatic rings. The summed E-state index contributed by atoms with van der Waals surface area (Å²) < 4.78 is 24.9. The second-order valence-electron chi connectivity index (χ2n) is 6.75. The van der Waals surface area contributed by atoms with Crippen LogP contribution in [0.4, 0.5) is 5.82 Å². The standard InChI is InChI=1S/C16H26N4O2S/c1-12-13(2)17-15(18-16(12)19-8-4-5-9-19)14-6-10-20(11-7-14)23(3,21)22/h14H,4-11H2,1-3H3. The average Bonchev–Trinajstić information content (AvgIpc) is 3.03. The summed E-state index contributed by atoms with van der Waals surface area (Å²) in [6, 6.07) is 0. The highest BCUT2D eigenvalue weighted by molar-refractivity contribution is 7.88. The third-order valence-electron chi connectivity index (χ3n) is 5.07. The van der Waals surface area contributed by atoms with E-state index < -0.39 is 10.0 Å². The van der Waals surface area contributed by atoms with Crippen LogP contribution < -0.4 is 4.90 Å². The van der Waals surface area contributed by atoms with Gasteiger partial charge in [0, 0.05) is 43.4 Å². The molecule has 0 spiro atoms. The monoisotopic (exact) mass is 338 g/mol. The highest BCUT2D eigenvalue weighted by Crippen LogP contribution is 2.30. The van der Waals surface area contributed by atoms with Gasteiger partial charge in [0.25, 0.3) is 0 Å². The lowest BCUT2D eigenvalue weighted by Gasteiger charge is -2.30. The van der Waals surface area contributed by atoms with Crippen molar-refractivity contribution in [1.82, 2.24) is 14.3 Å². The smallest absolute Gasteiger partial charge is 0.211 e. The predicted octanol–water partition coefficient (Wildman–Crippen LogP) is 1.83. The van der Waals surface area contributed by atoms with Gasteiger partial charge in [0.05, 0.1) is 6.26 Å². The molecule has 0 atom stereocenters. The summed E-state index contributed by atoms with van der Waals surface area (Å²) in [7, 11) is -3.08. The molecule has 0 aliphatic carbocycles. The van der Waals surface area contributed by atoms with Gasteiger partial charge in [0.1, 0.15) is 11.6 Å². The van der Waals surface area contributed by atoms with Crippen molar-refractivity contribution in [1.29, 1.82) is 0 Å². The average molecular weight is 338 g/mol. The zero-order valence-electron chi connectivity index (χ0n) is 14.2. The lowest BCUT2D eigenvalue weighted by atomic mass is 9.97. The molecule has 0 N–H and O–H groups in total. The molecule has 2 aliphatic heterocycles. The fraction of sp³-hybridized carbons (Fsp3) is 0.750. The summed E-state index contributed by atoms with van der Waals surface area (Å²) in [5, 5.41) is 0. The minimum absolute atomic E-state index is 0.258. The normalized spacial score (nSPS) is 21.1. The van der Waals surface area contributed by atoms with Crippen molar-refractivity contribution in [2.75, 3.05) is 37.3 Å². The lowest BCUT2D eigenvalue weighted by molar-refractivity contribution is 0.315. The summed E-state index contributed by atoms with van der Waals surface area (Å²) in [5.41, 5.74) is 2.21. The Kier molecular flexibility index (Phi) is 4.60. The molecule has 0 amide bonds. The summed E-state index contributed by atoms with van der Waals surface area (Å²) >= 11 is 0. The van der Waals surface area contributed by atoms with E-state index >= 15 is 0 Å². The Morgan fingerprint density at radius 2 is 1.61 bits per heavy atom. The number of sulfonamides is 1. The zero-order valence-corrected chi connectivity index (χ0v) is 15.1. The van der Waals surface area contributed by atoms with E-state index in [4.69, 9.17) is 9.97 Å². The minimum Gasteiger partial charge on any atom is -0.356 e. The Bertz CT molecular complexity index is 676. The molecule has 1 aromatic rings. The van der Waals surface area contributed by atoms with Gasteiger partial charge in [0.2, 0.25) is 10.0 Å². The SMILES string of the molecule is Cc1nc(C2CCN(S(C)(=O)=O)CC2)nc(N2CCCC2)c1C. The van der Waals surface area contributed by atoms with Gasteiger partial charge in [-0.3, -0.25) is 0 Å². The van der Waals surface area contributed by atoms with Crippen LogP contribution in [0.5, 0.6) is 0 Å². The van der Waals surface area contributed by atoms with Crippen LogP contribution in [0.25, 0.3) is 0 Å². The van der Waals surface area contributed by atoms with Gasteiger partial charge >= 0.3 is 0 Å². The molecule has 6 nitrogen and oxygen atoms in total. The highest BCUT2D eigenvalue weighted by Gasteiger charge is 2.28. The van der Waals surface area contributed by atoms with Crippen molar-refractivity contribution in [2.24, 2.45) is 0 Å². The van der Waals surface area contributed by atoms with Gasteiger partial charge in [-0.1, -0.05) is 0 Å². The summed E-state index contributed by atoms with van der Waals surface area (Å²) in [6.45, 7) is 7.43. The second kappa shape index (κ2) is 6.36. The lowest BCUT2D eigenvalue weighted by Crippen LogP contribution is -2.37. The van der Waals surface area contributed by atoms with Crippen LogP contribution in [0.2, 0.25) is 0 Å². The maximum absolute atomic E-state index is 11.6. The molecule has 2 fully saturated rings. The molecule has 23 heavy (non-hydrogen) atoms. The number of aryl methyl sites for hydroxylation is 1. The van der Waals surface area contributed by atoms with E-state index in [0.717, 1.165) is 43.3 Å². The van der Waals surface area contributed by atoms with Gasteiger partial charge in [-0.25, -0.2) is 22.7 Å². The van der Waals surface area contributed by atoms with E-state index in [0.29, 0.717) is 13.1 Å². The molecule has 128 valence electrons. The fourth-order valence-corrected chi connectivity index (χ4v) is 4.37. The molecular formula is C16H26N4O2S. The zero-order chi connectivity index (χ0) is 16.6. The van der Waals surface area contributed by atoms with Crippen LogP contribution >= 0.6 is 0 Å².